The van der Waals surface area contributed by atoms with Gasteiger partial charge in [0.15, 0.2) is 17.4 Å². The second kappa shape index (κ2) is 11.7. The molecule has 0 spiro atoms. The van der Waals surface area contributed by atoms with Gasteiger partial charge in [-0.1, -0.05) is 6.07 Å². The van der Waals surface area contributed by atoms with Gasteiger partial charge in [0, 0.05) is 64.3 Å². The van der Waals surface area contributed by atoms with Crippen LogP contribution >= 0.6 is 0 Å². The number of para-hydroxylation sites is 1. The normalized spacial score (nSPS) is 16.6. The number of piperidine rings is 1. The Labute approximate surface area is 239 Å². The molecule has 0 bridgehead atoms. The molecule has 0 atom stereocenters. The standard InChI is InChI=1S/C29H37FN8O3/c1-29(2,3)41-28(40)38-10-8-19(9-11-38)20-17-32-27(33-18-20)37-14-12-36(13-15-37)24-16-23(34-35-26(24)31-4)21-6-5-7-22(30)25(21)39/h5-7,16-19,39H,8-15H2,1-4H3,(H,31,35). The van der Waals surface area contributed by atoms with Crippen LogP contribution in [0.4, 0.5) is 26.6 Å². The highest BCUT2D eigenvalue weighted by atomic mass is 19.1. The summed E-state index contributed by atoms with van der Waals surface area (Å²) in [6.07, 6.45) is 5.26. The van der Waals surface area contributed by atoms with Gasteiger partial charge in [-0.25, -0.2) is 19.2 Å². The number of ether oxygens (including phenoxy) is 1. The van der Waals surface area contributed by atoms with Crippen LogP contribution < -0.4 is 15.1 Å². The van der Waals surface area contributed by atoms with Gasteiger partial charge in [0.05, 0.1) is 11.4 Å². The fraction of sp³-hybridized carbons (Fsp3) is 0.483. The average molecular weight is 565 g/mol. The van der Waals surface area contributed by atoms with Crippen molar-refractivity contribution in [1.82, 2.24) is 25.1 Å². The number of aromatic nitrogens is 4. The molecule has 3 aromatic rings. The van der Waals surface area contributed by atoms with Crippen LogP contribution in [-0.2, 0) is 4.74 Å². The summed E-state index contributed by atoms with van der Waals surface area (Å²) in [7, 11) is 1.78. The number of phenols is 1. The van der Waals surface area contributed by atoms with Gasteiger partial charge < -0.3 is 29.9 Å². The molecule has 2 N–H and O–H groups in total. The minimum Gasteiger partial charge on any atom is -0.504 e. The Morgan fingerprint density at radius 1 is 1.02 bits per heavy atom. The molecule has 5 rings (SSSR count). The van der Waals surface area contributed by atoms with Gasteiger partial charge in [-0.3, -0.25) is 0 Å². The number of amides is 1. The third kappa shape index (κ3) is 6.41. The zero-order valence-electron chi connectivity index (χ0n) is 24.0. The second-order valence-corrected chi connectivity index (χ2v) is 11.4. The van der Waals surface area contributed by atoms with Gasteiger partial charge in [-0.15, -0.1) is 10.2 Å². The fourth-order valence-electron chi connectivity index (χ4n) is 5.23. The van der Waals surface area contributed by atoms with Crippen LogP contribution in [0.25, 0.3) is 11.3 Å². The van der Waals surface area contributed by atoms with E-state index in [1.807, 2.05) is 39.2 Å². The first-order valence-electron chi connectivity index (χ1n) is 14.0. The van der Waals surface area contributed by atoms with Crippen molar-refractivity contribution in [3.05, 3.63) is 48.0 Å². The molecule has 41 heavy (non-hydrogen) atoms. The molecule has 2 aliphatic rings. The number of hydrogen-bond donors (Lipinski definition) is 2. The molecule has 4 heterocycles. The summed E-state index contributed by atoms with van der Waals surface area (Å²) in [6.45, 7) is 9.76. The predicted molar refractivity (Wildman–Crippen MR) is 155 cm³/mol. The number of aromatic hydroxyl groups is 1. The van der Waals surface area contributed by atoms with Crippen molar-refractivity contribution in [2.45, 2.75) is 45.1 Å². The van der Waals surface area contributed by atoms with E-state index in [4.69, 9.17) is 4.74 Å². The van der Waals surface area contributed by atoms with Gasteiger partial charge in [0.1, 0.15) is 5.60 Å². The third-order valence-electron chi connectivity index (χ3n) is 7.45. The maximum atomic E-state index is 13.9. The average Bonchev–Trinajstić information content (AvgIpc) is 2.98. The molecule has 1 amide bonds. The highest BCUT2D eigenvalue weighted by Gasteiger charge is 2.28. The number of anilines is 3. The molecule has 2 fully saturated rings. The SMILES string of the molecule is CNc1nnc(-c2cccc(F)c2O)cc1N1CCN(c2ncc(C3CCN(C(=O)OC(C)(C)C)CC3)cn2)CC1. The van der Waals surface area contributed by atoms with Crippen molar-refractivity contribution >= 4 is 23.5 Å². The van der Waals surface area contributed by atoms with E-state index in [2.05, 4.69) is 35.3 Å². The van der Waals surface area contributed by atoms with Crippen LogP contribution in [0.5, 0.6) is 5.75 Å². The maximum Gasteiger partial charge on any atom is 0.410 e. The Kier molecular flexibility index (Phi) is 8.09. The van der Waals surface area contributed by atoms with Crippen LogP contribution in [0.1, 0.15) is 45.1 Å². The number of likely N-dealkylation sites (tertiary alicyclic amines) is 1. The minimum absolute atomic E-state index is 0.255. The van der Waals surface area contributed by atoms with Crippen molar-refractivity contribution in [2.75, 3.05) is 61.4 Å². The maximum absolute atomic E-state index is 13.9. The van der Waals surface area contributed by atoms with Crippen molar-refractivity contribution < 1.29 is 19.0 Å². The first kappa shape index (κ1) is 28.3. The Morgan fingerprint density at radius 3 is 2.32 bits per heavy atom. The van der Waals surface area contributed by atoms with Crippen molar-refractivity contribution in [2.24, 2.45) is 0 Å². The lowest BCUT2D eigenvalue weighted by atomic mass is 9.91. The smallest absolute Gasteiger partial charge is 0.410 e. The van der Waals surface area contributed by atoms with Gasteiger partial charge >= 0.3 is 6.09 Å². The topological polar surface area (TPSA) is 120 Å². The lowest BCUT2D eigenvalue weighted by Gasteiger charge is -2.36. The number of halogens is 1. The molecule has 1 aromatic carbocycles. The van der Waals surface area contributed by atoms with E-state index in [0.29, 0.717) is 68.2 Å². The largest absolute Gasteiger partial charge is 0.504 e. The Hall–Kier alpha value is -4.22. The number of carbonyl (C=O) groups is 1. The Bertz CT molecular complexity index is 1370. The van der Waals surface area contributed by atoms with Crippen molar-refractivity contribution in [1.29, 1.82) is 0 Å². The zero-order valence-corrected chi connectivity index (χ0v) is 24.0. The lowest BCUT2D eigenvalue weighted by molar-refractivity contribution is 0.0204. The number of rotatable bonds is 5. The number of benzene rings is 1. The van der Waals surface area contributed by atoms with E-state index < -0.39 is 17.2 Å². The number of hydrogen-bond acceptors (Lipinski definition) is 10. The molecule has 2 aliphatic heterocycles. The summed E-state index contributed by atoms with van der Waals surface area (Å²) in [5.41, 5.74) is 2.11. The summed E-state index contributed by atoms with van der Waals surface area (Å²) in [5, 5.41) is 21.7. The van der Waals surface area contributed by atoms with Crippen molar-refractivity contribution in [3.63, 3.8) is 0 Å². The molecule has 0 saturated carbocycles. The first-order chi connectivity index (χ1) is 19.6. The molecule has 0 unspecified atom stereocenters. The zero-order chi connectivity index (χ0) is 29.1. The van der Waals surface area contributed by atoms with Crippen molar-refractivity contribution in [3.8, 4) is 17.0 Å². The van der Waals surface area contributed by atoms with Gasteiger partial charge in [-0.05, 0) is 63.3 Å². The molecule has 0 aliphatic carbocycles. The molecule has 2 saturated heterocycles. The molecule has 2 aromatic heterocycles. The summed E-state index contributed by atoms with van der Waals surface area (Å²) in [5.74, 6) is 0.465. The molecule has 0 radical (unpaired) electrons. The Morgan fingerprint density at radius 2 is 1.68 bits per heavy atom. The molecule has 218 valence electrons. The third-order valence-corrected chi connectivity index (χ3v) is 7.45. The highest BCUT2D eigenvalue weighted by molar-refractivity contribution is 5.75. The van der Waals surface area contributed by atoms with Crippen LogP contribution in [0.2, 0.25) is 0 Å². The number of nitrogens with zero attached hydrogens (tertiary/aromatic N) is 7. The molecule has 12 heteroatoms. The summed E-state index contributed by atoms with van der Waals surface area (Å²) < 4.78 is 19.4. The van der Waals surface area contributed by atoms with Crippen LogP contribution in [-0.4, -0.2) is 88.2 Å². The van der Waals surface area contributed by atoms with E-state index >= 15 is 0 Å². The molecular weight excluding hydrogens is 527 g/mol. The number of nitrogens with one attached hydrogen (secondary N) is 1. The lowest BCUT2D eigenvalue weighted by Crippen LogP contribution is -2.47. The van der Waals surface area contributed by atoms with E-state index in [-0.39, 0.29) is 6.09 Å². The van der Waals surface area contributed by atoms with Crippen LogP contribution in [0.15, 0.2) is 36.7 Å². The number of carbonyl (C=O) groups excluding carboxylic acids is 1. The van der Waals surface area contributed by atoms with Gasteiger partial charge in [0.2, 0.25) is 5.95 Å². The molecular formula is C29H37FN8O3. The van der Waals surface area contributed by atoms with E-state index in [9.17, 15) is 14.3 Å². The minimum atomic E-state index is -0.700. The summed E-state index contributed by atoms with van der Waals surface area (Å²) >= 11 is 0. The van der Waals surface area contributed by atoms with Crippen LogP contribution in [0, 0.1) is 5.82 Å². The second-order valence-electron chi connectivity index (χ2n) is 11.4. The number of phenolic OH excluding ortho intramolecular Hbond substituents is 1. The summed E-state index contributed by atoms with van der Waals surface area (Å²) in [6, 6.07) is 6.18. The van der Waals surface area contributed by atoms with E-state index in [1.54, 1.807) is 18.0 Å². The van der Waals surface area contributed by atoms with Gasteiger partial charge in [-0.2, -0.15) is 0 Å². The Balaban J connectivity index is 1.20. The van der Waals surface area contributed by atoms with Gasteiger partial charge in [0.25, 0.3) is 0 Å². The van der Waals surface area contributed by atoms with E-state index in [0.717, 1.165) is 24.1 Å². The number of piperazine rings is 1. The highest BCUT2D eigenvalue weighted by Crippen LogP contribution is 2.34. The van der Waals surface area contributed by atoms with E-state index in [1.165, 1.54) is 12.1 Å². The first-order valence-corrected chi connectivity index (χ1v) is 14.0. The molecule has 11 nitrogen and oxygen atoms in total. The van der Waals surface area contributed by atoms with Crippen LogP contribution in [0.3, 0.4) is 0 Å². The fourth-order valence-corrected chi connectivity index (χ4v) is 5.23. The monoisotopic (exact) mass is 564 g/mol. The quantitative estimate of drug-likeness (QED) is 0.465. The summed E-state index contributed by atoms with van der Waals surface area (Å²) in [4.78, 5) is 27.8. The predicted octanol–water partition coefficient (Wildman–Crippen LogP) is 4.26.